The number of imide groups is 2. The summed E-state index contributed by atoms with van der Waals surface area (Å²) in [6.07, 6.45) is 0. The molecule has 0 saturated heterocycles. The van der Waals surface area contributed by atoms with Crippen LogP contribution in [0.25, 0.3) is 0 Å². The maximum atomic E-state index is 13.6. The van der Waals surface area contributed by atoms with Crippen molar-refractivity contribution in [3.63, 3.8) is 0 Å². The first kappa shape index (κ1) is 28.8. The molecule has 0 bridgehead atoms. The zero-order valence-electron chi connectivity index (χ0n) is 23.5. The maximum absolute atomic E-state index is 13.6. The molecule has 0 atom stereocenters. The van der Waals surface area contributed by atoms with E-state index in [1.54, 1.807) is 24.3 Å². The van der Waals surface area contributed by atoms with E-state index < -0.39 is 57.1 Å². The van der Waals surface area contributed by atoms with Crippen LogP contribution in [0, 0.1) is 10.1 Å². The summed E-state index contributed by atoms with van der Waals surface area (Å²) < 4.78 is 0. The first-order chi connectivity index (χ1) is 20.2. The van der Waals surface area contributed by atoms with E-state index in [1.807, 2.05) is 0 Å². The Morgan fingerprint density at radius 3 is 1.33 bits per heavy atom. The summed E-state index contributed by atoms with van der Waals surface area (Å²) in [5.74, 6) is -4.41. The lowest BCUT2D eigenvalue weighted by atomic mass is 10.00. The van der Waals surface area contributed by atoms with E-state index >= 15 is 0 Å². The standard InChI is InChI=1S/C30H25N5O8/c1-29(2,33-23(36)17-9-5-6-10-18(17)24(33)37)27(40)31-21-14-13-16(35(42)43)15-22(21)32-28(41)30(3,4)34-25(38)19-11-7-8-12-20(19)26(34)39/h5-15H,1-4H3,(H,31,40)(H,32,41). The Kier molecular flexibility index (Phi) is 6.68. The molecule has 3 aromatic carbocycles. The van der Waals surface area contributed by atoms with Crippen LogP contribution in [0.3, 0.4) is 0 Å². The molecule has 13 heteroatoms. The van der Waals surface area contributed by atoms with Gasteiger partial charge in [-0.05, 0) is 58.0 Å². The molecule has 6 amide bonds. The lowest BCUT2D eigenvalue weighted by Crippen LogP contribution is -2.55. The van der Waals surface area contributed by atoms with E-state index in [0.717, 1.165) is 21.9 Å². The molecule has 2 aliphatic rings. The Balaban J connectivity index is 1.43. The second-order valence-electron chi connectivity index (χ2n) is 11.0. The molecular formula is C30H25N5O8. The Labute approximate surface area is 244 Å². The average Bonchev–Trinajstić information content (AvgIpc) is 3.38. The lowest BCUT2D eigenvalue weighted by Gasteiger charge is -2.33. The van der Waals surface area contributed by atoms with Crippen LogP contribution in [0.5, 0.6) is 0 Å². The van der Waals surface area contributed by atoms with Crippen molar-refractivity contribution >= 4 is 52.5 Å². The summed E-state index contributed by atoms with van der Waals surface area (Å²) in [6.45, 7) is 5.40. The minimum atomic E-state index is -1.77. The van der Waals surface area contributed by atoms with Gasteiger partial charge in [0.15, 0.2) is 0 Å². The van der Waals surface area contributed by atoms with Gasteiger partial charge < -0.3 is 10.6 Å². The normalized spacial score (nSPS) is 14.5. The molecule has 218 valence electrons. The van der Waals surface area contributed by atoms with Gasteiger partial charge in [0.05, 0.1) is 38.6 Å². The van der Waals surface area contributed by atoms with Crippen LogP contribution in [0.4, 0.5) is 17.1 Å². The van der Waals surface area contributed by atoms with Crippen LogP contribution in [0.2, 0.25) is 0 Å². The summed E-state index contributed by atoms with van der Waals surface area (Å²) >= 11 is 0. The lowest BCUT2D eigenvalue weighted by molar-refractivity contribution is -0.384. The third kappa shape index (κ3) is 4.51. The van der Waals surface area contributed by atoms with Crippen molar-refractivity contribution in [2.75, 3.05) is 10.6 Å². The van der Waals surface area contributed by atoms with Crippen LogP contribution in [0.1, 0.15) is 69.1 Å². The molecular weight excluding hydrogens is 558 g/mol. The van der Waals surface area contributed by atoms with Gasteiger partial charge in [0.2, 0.25) is 11.8 Å². The Morgan fingerprint density at radius 2 is 0.977 bits per heavy atom. The van der Waals surface area contributed by atoms with Gasteiger partial charge in [-0.25, -0.2) is 0 Å². The number of amides is 6. The molecule has 13 nitrogen and oxygen atoms in total. The second kappa shape index (κ2) is 9.98. The number of rotatable bonds is 7. The van der Waals surface area contributed by atoms with Gasteiger partial charge in [-0.1, -0.05) is 24.3 Å². The molecule has 0 aromatic heterocycles. The highest BCUT2D eigenvalue weighted by Gasteiger charge is 2.49. The van der Waals surface area contributed by atoms with E-state index in [1.165, 1.54) is 58.0 Å². The third-order valence-corrected chi connectivity index (χ3v) is 7.53. The zero-order chi connectivity index (χ0) is 31.4. The van der Waals surface area contributed by atoms with Crippen molar-refractivity contribution in [2.24, 2.45) is 0 Å². The van der Waals surface area contributed by atoms with E-state index in [2.05, 4.69) is 10.6 Å². The third-order valence-electron chi connectivity index (χ3n) is 7.53. The largest absolute Gasteiger partial charge is 0.322 e. The van der Waals surface area contributed by atoms with Crippen molar-refractivity contribution in [2.45, 2.75) is 38.8 Å². The number of non-ortho nitro benzene ring substituents is 1. The minimum Gasteiger partial charge on any atom is -0.322 e. The molecule has 2 N–H and O–H groups in total. The highest BCUT2D eigenvalue weighted by Crippen LogP contribution is 2.34. The monoisotopic (exact) mass is 583 g/mol. The molecule has 3 aromatic rings. The van der Waals surface area contributed by atoms with E-state index in [9.17, 15) is 38.9 Å². The van der Waals surface area contributed by atoms with Crippen molar-refractivity contribution in [1.82, 2.24) is 9.80 Å². The van der Waals surface area contributed by atoms with Crippen molar-refractivity contribution in [1.29, 1.82) is 0 Å². The number of hydrogen-bond acceptors (Lipinski definition) is 8. The van der Waals surface area contributed by atoms with Crippen LogP contribution in [0.15, 0.2) is 66.7 Å². The highest BCUT2D eigenvalue weighted by atomic mass is 16.6. The summed E-state index contributed by atoms with van der Waals surface area (Å²) in [4.78, 5) is 91.7. The van der Waals surface area contributed by atoms with Gasteiger partial charge in [-0.2, -0.15) is 0 Å². The number of carbonyl (C=O) groups excluding carboxylic acids is 6. The summed E-state index contributed by atoms with van der Waals surface area (Å²) in [7, 11) is 0. The minimum absolute atomic E-state index is 0.0909. The van der Waals surface area contributed by atoms with Crippen LogP contribution in [-0.4, -0.2) is 61.2 Å². The van der Waals surface area contributed by atoms with Gasteiger partial charge in [0.25, 0.3) is 29.3 Å². The van der Waals surface area contributed by atoms with Crippen molar-refractivity contribution < 1.29 is 33.7 Å². The van der Waals surface area contributed by atoms with E-state index in [-0.39, 0.29) is 33.6 Å². The van der Waals surface area contributed by atoms with Crippen LogP contribution < -0.4 is 10.6 Å². The maximum Gasteiger partial charge on any atom is 0.271 e. The van der Waals surface area contributed by atoms with Gasteiger partial charge in [0.1, 0.15) is 11.1 Å². The number of nitrogens with one attached hydrogen (secondary N) is 2. The number of anilines is 2. The molecule has 43 heavy (non-hydrogen) atoms. The predicted octanol–water partition coefficient (Wildman–Crippen LogP) is 3.62. The molecule has 0 aliphatic carbocycles. The first-order valence-corrected chi connectivity index (χ1v) is 13.0. The number of nitro groups is 1. The molecule has 0 radical (unpaired) electrons. The van der Waals surface area contributed by atoms with Gasteiger partial charge in [0, 0.05) is 12.1 Å². The number of fused-ring (bicyclic) bond motifs is 2. The summed E-state index contributed by atoms with van der Waals surface area (Å²) in [6, 6.07) is 15.5. The summed E-state index contributed by atoms with van der Waals surface area (Å²) in [5, 5.41) is 16.6. The second-order valence-corrected chi connectivity index (χ2v) is 11.0. The molecule has 0 unspecified atom stereocenters. The quantitative estimate of drug-likeness (QED) is 0.241. The number of benzene rings is 3. The smallest absolute Gasteiger partial charge is 0.271 e. The van der Waals surface area contributed by atoms with Gasteiger partial charge >= 0.3 is 0 Å². The average molecular weight is 584 g/mol. The molecule has 0 fully saturated rings. The highest BCUT2D eigenvalue weighted by molar-refractivity contribution is 6.25. The van der Waals surface area contributed by atoms with Crippen molar-refractivity contribution in [3.05, 3.63) is 99.1 Å². The van der Waals surface area contributed by atoms with Gasteiger partial charge in [-0.3, -0.25) is 48.7 Å². The molecule has 5 rings (SSSR count). The molecule has 0 spiro atoms. The SMILES string of the molecule is CC(C)(C(=O)Nc1ccc([N+](=O)[O-])cc1NC(=O)C(C)(C)N1C(=O)c2ccccc2C1=O)N1C(=O)c2ccccc2C1=O. The summed E-state index contributed by atoms with van der Waals surface area (Å²) in [5.41, 5.74) is -3.67. The Bertz CT molecular complexity index is 1720. The number of carbonyl (C=O) groups is 6. The first-order valence-electron chi connectivity index (χ1n) is 13.0. The van der Waals surface area contributed by atoms with Crippen molar-refractivity contribution in [3.8, 4) is 0 Å². The fourth-order valence-corrected chi connectivity index (χ4v) is 5.01. The fourth-order valence-electron chi connectivity index (χ4n) is 5.01. The predicted molar refractivity (Wildman–Crippen MR) is 152 cm³/mol. The molecule has 0 saturated carbocycles. The van der Waals surface area contributed by atoms with E-state index in [4.69, 9.17) is 0 Å². The number of nitrogens with zero attached hydrogens (tertiary/aromatic N) is 3. The fraction of sp³-hybridized carbons (Fsp3) is 0.200. The topological polar surface area (TPSA) is 176 Å². The zero-order valence-corrected chi connectivity index (χ0v) is 23.5. The van der Waals surface area contributed by atoms with Crippen LogP contribution in [-0.2, 0) is 9.59 Å². The van der Waals surface area contributed by atoms with Crippen LogP contribution >= 0.6 is 0 Å². The molecule has 2 heterocycles. The number of hydrogen-bond donors (Lipinski definition) is 2. The molecule has 2 aliphatic heterocycles. The van der Waals surface area contributed by atoms with E-state index in [0.29, 0.717) is 0 Å². The number of nitro benzene ring substituents is 1. The Hall–Kier alpha value is -5.72. The van der Waals surface area contributed by atoms with Gasteiger partial charge in [-0.15, -0.1) is 0 Å². The Morgan fingerprint density at radius 1 is 0.628 bits per heavy atom.